The van der Waals surface area contributed by atoms with E-state index in [1.807, 2.05) is 13.2 Å². The normalized spacial score (nSPS) is 9.90. The Morgan fingerprint density at radius 3 is 2.70 bits per heavy atom. The third kappa shape index (κ3) is 1.85. The van der Waals surface area contributed by atoms with Crippen molar-refractivity contribution in [3.63, 3.8) is 0 Å². The predicted octanol–water partition coefficient (Wildman–Crippen LogP) is 2.16. The van der Waals surface area contributed by atoms with E-state index in [-0.39, 0.29) is 0 Å². The molecular weight excluding hydrogens is 168 g/mol. The molecule has 1 rings (SSSR count). The van der Waals surface area contributed by atoms with Gasteiger partial charge < -0.3 is 0 Å². The lowest BCUT2D eigenvalue weighted by Gasteiger charge is -1.96. The minimum Gasteiger partial charge on any atom is -0.228 e. The molecule has 1 aromatic heterocycles. The van der Waals surface area contributed by atoms with Gasteiger partial charge in [0.25, 0.3) is 0 Å². The number of halogens is 1. The van der Waals surface area contributed by atoms with E-state index in [4.69, 9.17) is 11.6 Å². The maximum atomic E-state index is 5.66. The summed E-state index contributed by atoms with van der Waals surface area (Å²) in [7, 11) is 0. The van der Waals surface area contributed by atoms with E-state index in [2.05, 4.69) is 9.97 Å². The summed E-state index contributed by atoms with van der Waals surface area (Å²) in [5.74, 6) is 0. The van der Waals surface area contributed by atoms with E-state index < -0.39 is 0 Å². The maximum absolute atomic E-state index is 5.66. The molecule has 0 aliphatic rings. The van der Waals surface area contributed by atoms with Crippen LogP contribution in [0.15, 0.2) is 11.2 Å². The van der Waals surface area contributed by atoms with Gasteiger partial charge in [0.1, 0.15) is 5.15 Å². The van der Waals surface area contributed by atoms with Crippen LogP contribution in [0.4, 0.5) is 0 Å². The molecular formula is C6H7ClN2S. The lowest BCUT2D eigenvalue weighted by atomic mass is 10.5. The molecule has 10 heavy (non-hydrogen) atoms. The quantitative estimate of drug-likeness (QED) is 0.371. The maximum Gasteiger partial charge on any atom is 0.188 e. The first-order valence-corrected chi connectivity index (χ1v) is 4.38. The summed E-state index contributed by atoms with van der Waals surface area (Å²) in [6, 6.07) is 1.74. The molecule has 4 heteroatoms. The first-order chi connectivity index (χ1) is 4.72. The molecule has 0 saturated carbocycles. The zero-order valence-corrected chi connectivity index (χ0v) is 7.33. The summed E-state index contributed by atoms with van der Waals surface area (Å²) in [6.07, 6.45) is 1.92. The summed E-state index contributed by atoms with van der Waals surface area (Å²) in [5, 5.41) is 1.24. The largest absolute Gasteiger partial charge is 0.228 e. The summed E-state index contributed by atoms with van der Waals surface area (Å²) in [4.78, 5) is 8.09. The van der Waals surface area contributed by atoms with Gasteiger partial charge in [0.15, 0.2) is 5.16 Å². The van der Waals surface area contributed by atoms with Crippen LogP contribution in [-0.4, -0.2) is 16.2 Å². The number of hydrogen-bond donors (Lipinski definition) is 0. The highest BCUT2D eigenvalue weighted by molar-refractivity contribution is 7.98. The van der Waals surface area contributed by atoms with Crippen molar-refractivity contribution in [1.82, 2.24) is 9.97 Å². The van der Waals surface area contributed by atoms with Crippen molar-refractivity contribution in [3.05, 3.63) is 16.9 Å². The summed E-state index contributed by atoms with van der Waals surface area (Å²) in [6.45, 7) is 1.90. The number of aryl methyl sites for hydroxylation is 1. The zero-order valence-electron chi connectivity index (χ0n) is 5.76. The van der Waals surface area contributed by atoms with Gasteiger partial charge in [0.2, 0.25) is 0 Å². The molecule has 0 amide bonds. The number of thioether (sulfide) groups is 1. The Hall–Kier alpha value is -0.280. The van der Waals surface area contributed by atoms with Gasteiger partial charge in [-0.05, 0) is 19.2 Å². The predicted molar refractivity (Wildman–Crippen MR) is 43.6 cm³/mol. The molecule has 0 N–H and O–H groups in total. The van der Waals surface area contributed by atoms with E-state index in [0.717, 1.165) is 10.9 Å². The summed E-state index contributed by atoms with van der Waals surface area (Å²) in [5.41, 5.74) is 0.907. The lowest BCUT2D eigenvalue weighted by Crippen LogP contribution is -1.88. The smallest absolute Gasteiger partial charge is 0.188 e. The molecule has 0 fully saturated rings. The number of hydrogen-bond acceptors (Lipinski definition) is 3. The molecule has 0 aliphatic heterocycles. The first-order valence-electron chi connectivity index (χ1n) is 2.77. The molecule has 1 aromatic rings. The van der Waals surface area contributed by atoms with Gasteiger partial charge in [0, 0.05) is 5.69 Å². The van der Waals surface area contributed by atoms with Crippen LogP contribution in [-0.2, 0) is 0 Å². The molecule has 0 bridgehead atoms. The second-order valence-corrected chi connectivity index (χ2v) is 2.98. The lowest BCUT2D eigenvalue weighted by molar-refractivity contribution is 0.935. The Morgan fingerprint density at radius 2 is 2.20 bits per heavy atom. The van der Waals surface area contributed by atoms with E-state index in [1.54, 1.807) is 6.07 Å². The number of nitrogens with zero attached hydrogens (tertiary/aromatic N) is 2. The molecule has 0 atom stereocenters. The fourth-order valence-corrected chi connectivity index (χ4v) is 1.31. The van der Waals surface area contributed by atoms with Gasteiger partial charge in [-0.15, -0.1) is 0 Å². The minimum absolute atomic E-state index is 0.511. The van der Waals surface area contributed by atoms with E-state index in [1.165, 1.54) is 11.8 Å². The Labute approximate surface area is 69.0 Å². The highest BCUT2D eigenvalue weighted by Gasteiger charge is 1.96. The van der Waals surface area contributed by atoms with Crippen molar-refractivity contribution in [2.45, 2.75) is 12.1 Å². The minimum atomic E-state index is 0.511. The number of aromatic nitrogens is 2. The molecule has 0 unspecified atom stereocenters. The van der Waals surface area contributed by atoms with Crippen LogP contribution in [0.3, 0.4) is 0 Å². The van der Waals surface area contributed by atoms with E-state index in [0.29, 0.717) is 5.15 Å². The first kappa shape index (κ1) is 7.82. The van der Waals surface area contributed by atoms with Crippen LogP contribution >= 0.6 is 23.4 Å². The van der Waals surface area contributed by atoms with Gasteiger partial charge in [-0.2, -0.15) is 0 Å². The molecule has 0 saturated heterocycles. The zero-order chi connectivity index (χ0) is 7.56. The van der Waals surface area contributed by atoms with Gasteiger partial charge in [-0.1, -0.05) is 23.4 Å². The van der Waals surface area contributed by atoms with Crippen LogP contribution < -0.4 is 0 Å². The monoisotopic (exact) mass is 174 g/mol. The molecule has 54 valence electrons. The van der Waals surface area contributed by atoms with Crippen LogP contribution in [0, 0.1) is 6.92 Å². The molecule has 0 radical (unpaired) electrons. The van der Waals surface area contributed by atoms with Crippen molar-refractivity contribution in [1.29, 1.82) is 0 Å². The van der Waals surface area contributed by atoms with Crippen molar-refractivity contribution in [3.8, 4) is 0 Å². The van der Waals surface area contributed by atoms with Crippen LogP contribution in [0.2, 0.25) is 5.15 Å². The van der Waals surface area contributed by atoms with Crippen molar-refractivity contribution < 1.29 is 0 Å². The number of rotatable bonds is 1. The third-order valence-corrected chi connectivity index (χ3v) is 1.73. The van der Waals surface area contributed by atoms with Crippen molar-refractivity contribution in [2.24, 2.45) is 0 Å². The second-order valence-electron chi connectivity index (χ2n) is 1.82. The van der Waals surface area contributed by atoms with Gasteiger partial charge in [-0.3, -0.25) is 0 Å². The highest BCUT2D eigenvalue weighted by atomic mass is 35.5. The van der Waals surface area contributed by atoms with Crippen LogP contribution in [0.25, 0.3) is 0 Å². The highest BCUT2D eigenvalue weighted by Crippen LogP contribution is 2.12. The topological polar surface area (TPSA) is 25.8 Å². The molecule has 2 nitrogen and oxygen atoms in total. The van der Waals surface area contributed by atoms with Crippen molar-refractivity contribution in [2.75, 3.05) is 6.26 Å². The van der Waals surface area contributed by atoms with E-state index in [9.17, 15) is 0 Å². The third-order valence-electron chi connectivity index (χ3n) is 0.985. The van der Waals surface area contributed by atoms with Crippen LogP contribution in [0.1, 0.15) is 5.69 Å². The standard InChI is InChI=1S/C6H7ClN2S/c1-4-3-5(7)9-6(8-4)10-2/h3H,1-2H3. The van der Waals surface area contributed by atoms with Crippen LogP contribution in [0.5, 0.6) is 0 Å². The average molecular weight is 175 g/mol. The fourth-order valence-electron chi connectivity index (χ4n) is 0.595. The Kier molecular flexibility index (Phi) is 2.51. The molecule has 0 spiro atoms. The van der Waals surface area contributed by atoms with E-state index >= 15 is 0 Å². The Balaban J connectivity index is 3.06. The molecule has 0 aliphatic carbocycles. The fraction of sp³-hybridized carbons (Fsp3) is 0.333. The average Bonchev–Trinajstić information content (AvgIpc) is 1.85. The SMILES string of the molecule is CSc1nc(C)cc(Cl)n1. The second kappa shape index (κ2) is 3.21. The molecule has 1 heterocycles. The van der Waals surface area contributed by atoms with Gasteiger partial charge in [-0.25, -0.2) is 9.97 Å². The van der Waals surface area contributed by atoms with Crippen molar-refractivity contribution >= 4 is 23.4 Å². The Bertz CT molecular complexity index is 219. The Morgan fingerprint density at radius 1 is 1.50 bits per heavy atom. The molecule has 0 aromatic carbocycles. The summed E-state index contributed by atoms with van der Waals surface area (Å²) < 4.78 is 0. The summed E-state index contributed by atoms with van der Waals surface area (Å²) >= 11 is 7.15. The van der Waals surface area contributed by atoms with Gasteiger partial charge in [0.05, 0.1) is 0 Å². The van der Waals surface area contributed by atoms with Gasteiger partial charge >= 0.3 is 0 Å².